The number of fused-ring (bicyclic) bond motifs is 1. The Labute approximate surface area is 117 Å². The number of ether oxygens (including phenoxy) is 1. The smallest absolute Gasteiger partial charge is 0.356 e. The largest absolute Gasteiger partial charge is 0.464 e. The number of rotatable bonds is 2. The number of pyridine rings is 1. The first-order valence-electron chi connectivity index (χ1n) is 6.61. The monoisotopic (exact) mass is 272 g/mol. The van der Waals surface area contributed by atoms with Gasteiger partial charge in [-0.05, 0) is 12.1 Å². The number of aromatic nitrogens is 1. The van der Waals surface area contributed by atoms with E-state index in [1.165, 1.54) is 7.11 Å². The molecule has 0 aliphatic carbocycles. The zero-order chi connectivity index (χ0) is 14.2. The molecule has 2 fully saturated rings. The van der Waals surface area contributed by atoms with Gasteiger partial charge in [0.2, 0.25) is 0 Å². The molecule has 0 aromatic carbocycles. The number of carbonyl (C=O) groups is 1. The number of carbonyl (C=O) groups excluding carboxylic acids is 1. The summed E-state index contributed by atoms with van der Waals surface area (Å²) >= 11 is 0. The summed E-state index contributed by atoms with van der Waals surface area (Å²) in [5.74, 6) is 0.607. The summed E-state index contributed by atoms with van der Waals surface area (Å²) in [7, 11) is 1.34. The second-order valence-corrected chi connectivity index (χ2v) is 5.35. The molecule has 0 radical (unpaired) electrons. The molecule has 104 valence electrons. The van der Waals surface area contributed by atoms with E-state index < -0.39 is 5.97 Å². The zero-order valence-corrected chi connectivity index (χ0v) is 11.3. The van der Waals surface area contributed by atoms with Crippen LogP contribution < -0.4 is 10.2 Å². The first-order valence-corrected chi connectivity index (χ1v) is 6.61. The van der Waals surface area contributed by atoms with Crippen LogP contribution in [-0.4, -0.2) is 44.2 Å². The van der Waals surface area contributed by atoms with Gasteiger partial charge in [-0.2, -0.15) is 5.26 Å². The fourth-order valence-corrected chi connectivity index (χ4v) is 3.06. The number of hydrogen-bond donors (Lipinski definition) is 1. The van der Waals surface area contributed by atoms with Crippen LogP contribution in [0.25, 0.3) is 0 Å². The summed E-state index contributed by atoms with van der Waals surface area (Å²) in [6.45, 7) is 3.03. The van der Waals surface area contributed by atoms with E-state index in [2.05, 4.69) is 26.0 Å². The summed E-state index contributed by atoms with van der Waals surface area (Å²) in [6, 6.07) is 7.76. The second kappa shape index (κ2) is 4.76. The minimum absolute atomic E-state index is 0.297. The standard InChI is InChI=1S/C14H16N4O2/c1-20-13(19)11-3-2-4-12(17-11)18-6-10-5-16-8-14(10,7-15)9-18/h2-4,10,16H,5-6,8-9H2,1H3. The third-order valence-electron chi connectivity index (χ3n) is 4.20. The predicted molar refractivity (Wildman–Crippen MR) is 72.2 cm³/mol. The van der Waals surface area contributed by atoms with Crippen molar-refractivity contribution in [2.75, 3.05) is 38.2 Å². The van der Waals surface area contributed by atoms with E-state index in [1.54, 1.807) is 12.1 Å². The van der Waals surface area contributed by atoms with Crippen molar-refractivity contribution in [3.8, 4) is 6.07 Å². The Balaban J connectivity index is 1.85. The molecule has 2 aliphatic heterocycles. The lowest BCUT2D eigenvalue weighted by atomic mass is 9.83. The van der Waals surface area contributed by atoms with Gasteiger partial charge in [0.1, 0.15) is 5.82 Å². The maximum absolute atomic E-state index is 11.5. The van der Waals surface area contributed by atoms with E-state index in [0.29, 0.717) is 18.2 Å². The summed E-state index contributed by atoms with van der Waals surface area (Å²) in [5, 5.41) is 12.7. The topological polar surface area (TPSA) is 78.2 Å². The molecule has 6 nitrogen and oxygen atoms in total. The molecule has 0 amide bonds. The minimum atomic E-state index is -0.442. The Morgan fingerprint density at radius 3 is 3.20 bits per heavy atom. The first kappa shape index (κ1) is 12.9. The summed E-state index contributed by atoms with van der Waals surface area (Å²) in [4.78, 5) is 18.0. The van der Waals surface area contributed by atoms with Crippen molar-refractivity contribution >= 4 is 11.8 Å². The van der Waals surface area contributed by atoms with Gasteiger partial charge < -0.3 is 15.0 Å². The molecule has 0 saturated carbocycles. The van der Waals surface area contributed by atoms with Gasteiger partial charge in [0.25, 0.3) is 0 Å². The van der Waals surface area contributed by atoms with Crippen molar-refractivity contribution in [2.45, 2.75) is 0 Å². The summed E-state index contributed by atoms with van der Waals surface area (Å²) in [5.41, 5.74) is -0.0330. The fourth-order valence-electron chi connectivity index (χ4n) is 3.06. The third kappa shape index (κ3) is 1.91. The van der Waals surface area contributed by atoms with Crippen molar-refractivity contribution in [3.63, 3.8) is 0 Å². The number of nitriles is 1. The molecule has 3 heterocycles. The van der Waals surface area contributed by atoms with E-state index in [0.717, 1.165) is 25.5 Å². The van der Waals surface area contributed by atoms with Crippen LogP contribution in [0.5, 0.6) is 0 Å². The van der Waals surface area contributed by atoms with Crippen molar-refractivity contribution in [2.24, 2.45) is 11.3 Å². The van der Waals surface area contributed by atoms with Crippen LogP contribution in [0.4, 0.5) is 5.82 Å². The molecule has 20 heavy (non-hydrogen) atoms. The number of methoxy groups -OCH3 is 1. The van der Waals surface area contributed by atoms with Crippen LogP contribution in [-0.2, 0) is 4.74 Å². The molecule has 2 aliphatic rings. The van der Waals surface area contributed by atoms with Gasteiger partial charge in [-0.15, -0.1) is 0 Å². The second-order valence-electron chi connectivity index (χ2n) is 5.35. The number of anilines is 1. The van der Waals surface area contributed by atoms with Gasteiger partial charge in [0, 0.05) is 32.1 Å². The van der Waals surface area contributed by atoms with Crippen molar-refractivity contribution in [1.29, 1.82) is 5.26 Å². The van der Waals surface area contributed by atoms with Crippen LogP contribution in [0.3, 0.4) is 0 Å². The molecule has 2 saturated heterocycles. The van der Waals surface area contributed by atoms with E-state index in [4.69, 9.17) is 0 Å². The Morgan fingerprint density at radius 2 is 2.50 bits per heavy atom. The molecule has 2 atom stereocenters. The van der Waals surface area contributed by atoms with Crippen LogP contribution >= 0.6 is 0 Å². The molecule has 3 rings (SSSR count). The van der Waals surface area contributed by atoms with Crippen LogP contribution in [0.15, 0.2) is 18.2 Å². The number of nitrogens with zero attached hydrogens (tertiary/aromatic N) is 3. The van der Waals surface area contributed by atoms with Gasteiger partial charge in [-0.3, -0.25) is 0 Å². The molecule has 6 heteroatoms. The molecule has 1 aromatic rings. The van der Waals surface area contributed by atoms with Crippen LogP contribution in [0.2, 0.25) is 0 Å². The normalized spacial score (nSPS) is 28.0. The number of esters is 1. The zero-order valence-electron chi connectivity index (χ0n) is 11.3. The van der Waals surface area contributed by atoms with E-state index in [9.17, 15) is 10.1 Å². The van der Waals surface area contributed by atoms with Gasteiger partial charge in [-0.25, -0.2) is 9.78 Å². The molecule has 1 N–H and O–H groups in total. The summed E-state index contributed by atoms with van der Waals surface area (Å²) < 4.78 is 4.69. The summed E-state index contributed by atoms with van der Waals surface area (Å²) in [6.07, 6.45) is 0. The van der Waals surface area contributed by atoms with Gasteiger partial charge in [-0.1, -0.05) is 6.07 Å². The van der Waals surface area contributed by atoms with Gasteiger partial charge in [0.15, 0.2) is 5.69 Å². The first-order chi connectivity index (χ1) is 9.68. The lowest BCUT2D eigenvalue weighted by Crippen LogP contribution is -2.31. The van der Waals surface area contributed by atoms with Crippen LogP contribution in [0, 0.1) is 22.7 Å². The molecule has 0 bridgehead atoms. The van der Waals surface area contributed by atoms with Crippen LogP contribution in [0.1, 0.15) is 10.5 Å². The molecular formula is C14H16N4O2. The van der Waals surface area contributed by atoms with Crippen molar-refractivity contribution < 1.29 is 9.53 Å². The lowest BCUT2D eigenvalue weighted by molar-refractivity contribution is 0.0594. The lowest BCUT2D eigenvalue weighted by Gasteiger charge is -2.20. The van der Waals surface area contributed by atoms with E-state index in [1.807, 2.05) is 6.07 Å². The third-order valence-corrected chi connectivity index (χ3v) is 4.20. The van der Waals surface area contributed by atoms with E-state index in [-0.39, 0.29) is 5.41 Å². The Kier molecular flexibility index (Phi) is 3.07. The SMILES string of the molecule is COC(=O)c1cccc(N2CC3CNCC3(C#N)C2)n1. The fraction of sp³-hybridized carbons (Fsp3) is 0.500. The van der Waals surface area contributed by atoms with Crippen molar-refractivity contribution in [3.05, 3.63) is 23.9 Å². The average Bonchev–Trinajstić information content (AvgIpc) is 3.03. The number of hydrogen-bond acceptors (Lipinski definition) is 6. The van der Waals surface area contributed by atoms with Gasteiger partial charge in [0.05, 0.1) is 18.6 Å². The molecule has 1 aromatic heterocycles. The number of nitrogens with one attached hydrogen (secondary N) is 1. The Morgan fingerprint density at radius 1 is 1.65 bits per heavy atom. The highest BCUT2D eigenvalue weighted by atomic mass is 16.5. The average molecular weight is 272 g/mol. The maximum Gasteiger partial charge on any atom is 0.356 e. The molecule has 2 unspecified atom stereocenters. The molecular weight excluding hydrogens is 256 g/mol. The Hall–Kier alpha value is -2.13. The highest BCUT2D eigenvalue weighted by Crippen LogP contribution is 2.39. The molecule has 0 spiro atoms. The van der Waals surface area contributed by atoms with E-state index >= 15 is 0 Å². The quantitative estimate of drug-likeness (QED) is 0.786. The predicted octanol–water partition coefficient (Wildman–Crippen LogP) is 0.418. The highest BCUT2D eigenvalue weighted by molar-refractivity contribution is 5.87. The van der Waals surface area contributed by atoms with Gasteiger partial charge >= 0.3 is 5.97 Å². The maximum atomic E-state index is 11.5. The highest BCUT2D eigenvalue weighted by Gasteiger charge is 2.50. The Bertz CT molecular complexity index is 583. The van der Waals surface area contributed by atoms with Crippen molar-refractivity contribution in [1.82, 2.24) is 10.3 Å². The minimum Gasteiger partial charge on any atom is -0.464 e.